The highest BCUT2D eigenvalue weighted by Gasteiger charge is 2.51. The molecule has 1 aromatic carbocycles. The fourth-order valence-electron chi connectivity index (χ4n) is 4.24. The molecule has 3 rings (SSSR count). The first kappa shape index (κ1) is 29.2. The lowest BCUT2D eigenvalue weighted by atomic mass is 9.60. The number of likely N-dealkylation sites (tertiary alicyclic amines) is 1. The molecule has 1 aliphatic carbocycles. The number of hydrogen-bond donors (Lipinski definition) is 3. The summed E-state index contributed by atoms with van der Waals surface area (Å²) in [6.45, 7) is 14.6. The molecular formula is C25H42N6OS. The molecule has 8 heteroatoms. The van der Waals surface area contributed by atoms with Crippen LogP contribution in [0.25, 0.3) is 0 Å². The number of likely N-dealkylation sites (N-methyl/N-ethyl adjacent to an activating group) is 1. The van der Waals surface area contributed by atoms with E-state index in [1.807, 2.05) is 13.8 Å². The van der Waals surface area contributed by atoms with Gasteiger partial charge in [-0.05, 0) is 43.3 Å². The predicted molar refractivity (Wildman–Crippen MR) is 144 cm³/mol. The maximum atomic E-state index is 8.00. The normalized spacial score (nSPS) is 17.4. The summed E-state index contributed by atoms with van der Waals surface area (Å²) in [5.41, 5.74) is 7.39. The molecule has 1 saturated heterocycles. The van der Waals surface area contributed by atoms with Gasteiger partial charge in [0.1, 0.15) is 6.79 Å². The SMILES string of the molecule is C=N/C=C(\C=NCCN)SCC.C=O.CNCCNC1CC2(C1)CN(Cc1ccccc1)C2. The van der Waals surface area contributed by atoms with E-state index in [9.17, 15) is 0 Å². The molecule has 0 bridgehead atoms. The van der Waals surface area contributed by atoms with Crippen molar-refractivity contribution >= 4 is 31.5 Å². The van der Waals surface area contributed by atoms with E-state index < -0.39 is 0 Å². The average molecular weight is 475 g/mol. The minimum Gasteiger partial charge on any atom is -0.329 e. The molecule has 1 spiro atoms. The van der Waals surface area contributed by atoms with Crippen LogP contribution < -0.4 is 16.4 Å². The summed E-state index contributed by atoms with van der Waals surface area (Å²) in [7, 11) is 2.01. The Kier molecular flexibility index (Phi) is 15.6. The molecule has 2 fully saturated rings. The summed E-state index contributed by atoms with van der Waals surface area (Å²) in [5, 5.41) is 6.81. The van der Waals surface area contributed by atoms with Gasteiger partial charge in [-0.2, -0.15) is 0 Å². The Labute approximate surface area is 204 Å². The van der Waals surface area contributed by atoms with Crippen molar-refractivity contribution in [2.75, 3.05) is 52.1 Å². The van der Waals surface area contributed by atoms with Crippen LogP contribution in [0.5, 0.6) is 0 Å². The Hall–Kier alpha value is -1.84. The van der Waals surface area contributed by atoms with Gasteiger partial charge in [-0.25, -0.2) is 0 Å². The Morgan fingerprint density at radius 2 is 1.97 bits per heavy atom. The van der Waals surface area contributed by atoms with Crippen molar-refractivity contribution in [2.45, 2.75) is 32.4 Å². The fourth-order valence-corrected chi connectivity index (χ4v) is 4.87. The second kappa shape index (κ2) is 17.6. The monoisotopic (exact) mass is 474 g/mol. The smallest absolute Gasteiger partial charge is 0.106 e. The van der Waals surface area contributed by atoms with Gasteiger partial charge >= 0.3 is 0 Å². The molecule has 0 aromatic heterocycles. The van der Waals surface area contributed by atoms with Crippen LogP contribution in [0.1, 0.15) is 25.3 Å². The summed E-state index contributed by atoms with van der Waals surface area (Å²) in [5.74, 6) is 1.01. The molecule has 0 radical (unpaired) electrons. The first-order chi connectivity index (χ1) is 16.1. The standard InChI is InChI=1S/C16H25N3.C8H15N3S.CH2O/c1-17-7-8-18-15-9-16(10-15)12-19(13-16)11-14-5-3-2-4-6-14;1-3-12-8(6-10-2)7-11-5-4-9;1-2/h2-6,15,17-18H,7-13H2,1H3;6-7H,2-5,9H2,1H3;1H2/b;8-6+,11-7?;. The van der Waals surface area contributed by atoms with Crippen molar-refractivity contribution in [2.24, 2.45) is 21.1 Å². The van der Waals surface area contributed by atoms with Crippen LogP contribution in [0.15, 0.2) is 51.4 Å². The van der Waals surface area contributed by atoms with Crippen molar-refractivity contribution in [1.29, 1.82) is 0 Å². The molecule has 33 heavy (non-hydrogen) atoms. The number of carbonyl (C=O) groups is 1. The highest BCUT2D eigenvalue weighted by Crippen LogP contribution is 2.48. The number of nitrogens with one attached hydrogen (secondary N) is 2. The topological polar surface area (TPSA) is 95.1 Å². The molecule has 0 atom stereocenters. The third kappa shape index (κ3) is 11.2. The van der Waals surface area contributed by atoms with E-state index in [1.54, 1.807) is 24.2 Å². The molecule has 1 saturated carbocycles. The maximum absolute atomic E-state index is 8.00. The highest BCUT2D eigenvalue weighted by molar-refractivity contribution is 8.03. The molecule has 0 unspecified atom stereocenters. The molecule has 2 aliphatic rings. The first-order valence-electron chi connectivity index (χ1n) is 11.6. The number of rotatable bonds is 12. The zero-order valence-electron chi connectivity index (χ0n) is 20.3. The van der Waals surface area contributed by atoms with Crippen LogP contribution in [0, 0.1) is 5.41 Å². The number of thioether (sulfide) groups is 1. The predicted octanol–water partition coefficient (Wildman–Crippen LogP) is 2.59. The van der Waals surface area contributed by atoms with Crippen LogP contribution in [0.4, 0.5) is 0 Å². The lowest BCUT2D eigenvalue weighted by molar-refractivity contribution is -0.0980. The highest BCUT2D eigenvalue weighted by atomic mass is 32.2. The van der Waals surface area contributed by atoms with Crippen molar-refractivity contribution in [3.05, 3.63) is 47.0 Å². The number of nitrogens with two attached hydrogens (primary N) is 1. The van der Waals surface area contributed by atoms with E-state index >= 15 is 0 Å². The minimum atomic E-state index is 0.585. The summed E-state index contributed by atoms with van der Waals surface area (Å²) < 4.78 is 0. The molecule has 1 aromatic rings. The lowest BCUT2D eigenvalue weighted by Gasteiger charge is -2.59. The Bertz CT molecular complexity index is 698. The van der Waals surface area contributed by atoms with Crippen molar-refractivity contribution in [3.63, 3.8) is 0 Å². The van der Waals surface area contributed by atoms with Gasteiger partial charge in [0.2, 0.25) is 0 Å². The zero-order chi connectivity index (χ0) is 24.4. The number of carbonyl (C=O) groups excluding carboxylic acids is 1. The van der Waals surface area contributed by atoms with Gasteiger partial charge in [-0.1, -0.05) is 37.3 Å². The van der Waals surface area contributed by atoms with Crippen LogP contribution in [0.3, 0.4) is 0 Å². The van der Waals surface area contributed by atoms with E-state index in [1.165, 1.54) is 31.5 Å². The number of allylic oxidation sites excluding steroid dienone is 1. The number of benzene rings is 1. The second-order valence-corrected chi connectivity index (χ2v) is 9.60. The van der Waals surface area contributed by atoms with Gasteiger partial charge in [0, 0.05) is 62.6 Å². The van der Waals surface area contributed by atoms with E-state index in [-0.39, 0.29) is 0 Å². The average Bonchev–Trinajstić information content (AvgIpc) is 2.79. The first-order valence-corrected chi connectivity index (χ1v) is 12.5. The minimum absolute atomic E-state index is 0.585. The van der Waals surface area contributed by atoms with Crippen molar-refractivity contribution in [1.82, 2.24) is 15.5 Å². The molecule has 7 nitrogen and oxygen atoms in total. The molecule has 1 heterocycles. The third-order valence-electron chi connectivity index (χ3n) is 5.54. The Morgan fingerprint density at radius 1 is 1.27 bits per heavy atom. The molecule has 4 N–H and O–H groups in total. The molecular weight excluding hydrogens is 432 g/mol. The van der Waals surface area contributed by atoms with Gasteiger partial charge in [-0.15, -0.1) is 11.8 Å². The second-order valence-electron chi connectivity index (χ2n) is 8.26. The van der Waals surface area contributed by atoms with Crippen LogP contribution in [-0.4, -0.2) is 82.7 Å². The Morgan fingerprint density at radius 3 is 2.55 bits per heavy atom. The number of nitrogens with zero attached hydrogens (tertiary/aromatic N) is 3. The quantitative estimate of drug-likeness (QED) is 0.318. The van der Waals surface area contributed by atoms with Gasteiger partial charge in [0.15, 0.2) is 0 Å². The van der Waals surface area contributed by atoms with Crippen LogP contribution >= 0.6 is 11.8 Å². The van der Waals surface area contributed by atoms with Crippen molar-refractivity contribution < 1.29 is 4.79 Å². The van der Waals surface area contributed by atoms with Gasteiger partial charge < -0.3 is 21.2 Å². The van der Waals surface area contributed by atoms with E-state index in [4.69, 9.17) is 10.5 Å². The van der Waals surface area contributed by atoms with E-state index in [0.717, 1.165) is 36.3 Å². The molecule has 0 amide bonds. The zero-order valence-corrected chi connectivity index (χ0v) is 21.2. The van der Waals surface area contributed by atoms with Crippen molar-refractivity contribution in [3.8, 4) is 0 Å². The summed E-state index contributed by atoms with van der Waals surface area (Å²) in [6.07, 6.45) is 6.24. The summed E-state index contributed by atoms with van der Waals surface area (Å²) in [6, 6.07) is 11.6. The summed E-state index contributed by atoms with van der Waals surface area (Å²) in [4.78, 5) is 19.4. The summed E-state index contributed by atoms with van der Waals surface area (Å²) >= 11 is 1.69. The molecule has 1 aliphatic heterocycles. The van der Waals surface area contributed by atoms with E-state index in [0.29, 0.717) is 18.5 Å². The maximum Gasteiger partial charge on any atom is 0.106 e. The van der Waals surface area contributed by atoms with Gasteiger partial charge in [0.05, 0.1) is 6.54 Å². The number of aliphatic imine (C=N–C) groups is 2. The third-order valence-corrected chi connectivity index (χ3v) is 6.37. The van der Waals surface area contributed by atoms with Crippen LogP contribution in [0.2, 0.25) is 0 Å². The van der Waals surface area contributed by atoms with Gasteiger partial charge in [-0.3, -0.25) is 14.9 Å². The van der Waals surface area contributed by atoms with Crippen LogP contribution in [-0.2, 0) is 11.3 Å². The largest absolute Gasteiger partial charge is 0.329 e. The molecule has 184 valence electrons. The number of hydrogen-bond acceptors (Lipinski definition) is 8. The Balaban J connectivity index is 0.000000339. The van der Waals surface area contributed by atoms with E-state index in [2.05, 4.69) is 69.5 Å². The van der Waals surface area contributed by atoms with Gasteiger partial charge in [0.25, 0.3) is 0 Å². The lowest BCUT2D eigenvalue weighted by Crippen LogP contribution is -2.65. The fraction of sp³-hybridized carbons (Fsp3) is 0.560.